The van der Waals surface area contributed by atoms with Crippen LogP contribution in [0.3, 0.4) is 0 Å². The molecule has 2 aromatic rings. The molecule has 2 saturated heterocycles. The second kappa shape index (κ2) is 8.27. The number of rotatable bonds is 2. The van der Waals surface area contributed by atoms with Gasteiger partial charge in [0.2, 0.25) is 0 Å². The molecule has 2 fully saturated rings. The van der Waals surface area contributed by atoms with Crippen molar-refractivity contribution in [1.82, 2.24) is 14.5 Å². The summed E-state index contributed by atoms with van der Waals surface area (Å²) < 4.78 is 26.6. The summed E-state index contributed by atoms with van der Waals surface area (Å²) in [7, 11) is 3.93. The van der Waals surface area contributed by atoms with Crippen molar-refractivity contribution in [3.05, 3.63) is 54.6 Å². The summed E-state index contributed by atoms with van der Waals surface area (Å²) in [6.45, 7) is 0.406. The summed E-state index contributed by atoms with van der Waals surface area (Å²) >= 11 is 7.10. The summed E-state index contributed by atoms with van der Waals surface area (Å²) in [6, 6.07) is 9.61. The fourth-order valence-electron chi connectivity index (χ4n) is 3.74. The van der Waals surface area contributed by atoms with E-state index >= 15 is 0 Å². The van der Waals surface area contributed by atoms with Crippen LogP contribution in [0.2, 0.25) is 0 Å². The minimum Gasteiger partial charge on any atom is -0.462 e. The Bertz CT molecular complexity index is 924. The van der Waals surface area contributed by atoms with Crippen LogP contribution in [0.4, 0.5) is 0 Å². The molecule has 158 valence electrons. The Morgan fingerprint density at radius 1 is 1.27 bits per heavy atom. The molecule has 0 bridgehead atoms. The lowest BCUT2D eigenvalue weighted by atomic mass is 9.97. The van der Waals surface area contributed by atoms with E-state index < -0.39 is 12.4 Å². The van der Waals surface area contributed by atoms with Crippen LogP contribution in [0.15, 0.2) is 54.0 Å². The second-order valence-corrected chi connectivity index (χ2v) is 8.87. The zero-order valence-corrected chi connectivity index (χ0v) is 18.2. The SMILES string of the molecule is CN(C)C1=N[C@@H]2[C@@H](OC(=S)n3ccnc3)[C@@H]3OC(c4ccccc4)OC[C@H]3O[C@@H]2S1. The van der Waals surface area contributed by atoms with Crippen LogP contribution in [-0.2, 0) is 18.9 Å². The quantitative estimate of drug-likeness (QED) is 0.651. The smallest absolute Gasteiger partial charge is 0.269 e. The molecule has 30 heavy (non-hydrogen) atoms. The van der Waals surface area contributed by atoms with E-state index in [1.54, 1.807) is 35.0 Å². The number of aromatic nitrogens is 2. The summed E-state index contributed by atoms with van der Waals surface area (Å²) in [4.78, 5) is 10.9. The minimum atomic E-state index is -0.494. The molecule has 10 heteroatoms. The molecule has 4 heterocycles. The van der Waals surface area contributed by atoms with E-state index in [2.05, 4.69) is 4.98 Å². The molecule has 0 amide bonds. The molecular weight excluding hydrogens is 424 g/mol. The van der Waals surface area contributed by atoms with E-state index in [0.29, 0.717) is 11.8 Å². The highest BCUT2D eigenvalue weighted by Crippen LogP contribution is 2.42. The van der Waals surface area contributed by atoms with E-state index in [1.165, 1.54) is 0 Å². The molecule has 1 aromatic heterocycles. The van der Waals surface area contributed by atoms with Crippen molar-refractivity contribution in [2.24, 2.45) is 4.99 Å². The molecule has 5 rings (SSSR count). The Morgan fingerprint density at radius 3 is 2.83 bits per heavy atom. The van der Waals surface area contributed by atoms with Crippen LogP contribution in [0.5, 0.6) is 0 Å². The summed E-state index contributed by atoms with van der Waals surface area (Å²) in [6.07, 6.45) is 3.48. The van der Waals surface area contributed by atoms with Gasteiger partial charge in [-0.25, -0.2) is 4.98 Å². The van der Waals surface area contributed by atoms with Crippen molar-refractivity contribution in [3.8, 4) is 0 Å². The average molecular weight is 447 g/mol. The number of amidine groups is 1. The van der Waals surface area contributed by atoms with Gasteiger partial charge >= 0.3 is 0 Å². The molecule has 0 radical (unpaired) electrons. The number of hydrogen-bond acceptors (Lipinski definition) is 9. The Kier molecular flexibility index (Phi) is 5.50. The topological polar surface area (TPSA) is 70.3 Å². The normalized spacial score (nSPS) is 32.7. The summed E-state index contributed by atoms with van der Waals surface area (Å²) in [5, 5.41) is 1.20. The van der Waals surface area contributed by atoms with Crippen LogP contribution < -0.4 is 0 Å². The number of nitrogens with zero attached hydrogens (tertiary/aromatic N) is 4. The highest BCUT2D eigenvalue weighted by Gasteiger charge is 2.54. The molecule has 3 aliphatic rings. The zero-order chi connectivity index (χ0) is 20.7. The largest absolute Gasteiger partial charge is 0.462 e. The zero-order valence-electron chi connectivity index (χ0n) is 16.5. The number of fused-ring (bicyclic) bond motifs is 2. The van der Waals surface area contributed by atoms with Gasteiger partial charge in [-0.2, -0.15) is 0 Å². The van der Waals surface area contributed by atoms with E-state index in [1.807, 2.05) is 49.3 Å². The van der Waals surface area contributed by atoms with E-state index in [0.717, 1.165) is 10.7 Å². The van der Waals surface area contributed by atoms with Crippen LogP contribution >= 0.6 is 24.0 Å². The van der Waals surface area contributed by atoms with Crippen molar-refractivity contribution in [2.75, 3.05) is 20.7 Å². The number of benzene rings is 1. The number of hydrogen-bond donors (Lipinski definition) is 0. The summed E-state index contributed by atoms with van der Waals surface area (Å²) in [5.74, 6) is 0. The van der Waals surface area contributed by atoms with Crippen molar-refractivity contribution >= 4 is 34.3 Å². The third-order valence-electron chi connectivity index (χ3n) is 5.19. The van der Waals surface area contributed by atoms with Crippen molar-refractivity contribution < 1.29 is 18.9 Å². The van der Waals surface area contributed by atoms with Crippen LogP contribution in [0.25, 0.3) is 0 Å². The van der Waals surface area contributed by atoms with Gasteiger partial charge < -0.3 is 23.8 Å². The predicted octanol–water partition coefficient (Wildman–Crippen LogP) is 2.27. The molecule has 6 atom stereocenters. The lowest BCUT2D eigenvalue weighted by molar-refractivity contribution is -0.302. The van der Waals surface area contributed by atoms with Crippen LogP contribution in [0.1, 0.15) is 11.9 Å². The first-order chi connectivity index (χ1) is 14.6. The predicted molar refractivity (Wildman–Crippen MR) is 116 cm³/mol. The first-order valence-corrected chi connectivity index (χ1v) is 11.0. The third-order valence-corrected chi connectivity index (χ3v) is 6.81. The Morgan fingerprint density at radius 2 is 2.10 bits per heavy atom. The molecular formula is C20H22N4O4S2. The molecule has 3 aliphatic heterocycles. The lowest BCUT2D eigenvalue weighted by Crippen LogP contribution is -2.61. The van der Waals surface area contributed by atoms with Gasteiger partial charge in [-0.15, -0.1) is 0 Å². The molecule has 0 spiro atoms. The summed E-state index contributed by atoms with van der Waals surface area (Å²) in [5.41, 5.74) is 0.770. The molecule has 8 nitrogen and oxygen atoms in total. The van der Waals surface area contributed by atoms with Gasteiger partial charge in [0.15, 0.2) is 17.6 Å². The third kappa shape index (κ3) is 3.74. The van der Waals surface area contributed by atoms with Gasteiger partial charge in [0.1, 0.15) is 30.0 Å². The van der Waals surface area contributed by atoms with Crippen molar-refractivity contribution in [3.63, 3.8) is 0 Å². The highest BCUT2D eigenvalue weighted by molar-refractivity contribution is 8.14. The van der Waals surface area contributed by atoms with Gasteiger partial charge in [-0.05, 0) is 12.2 Å². The van der Waals surface area contributed by atoms with Gasteiger partial charge in [-0.1, -0.05) is 42.1 Å². The number of thiocarbonyl (C=S) groups is 1. The van der Waals surface area contributed by atoms with Gasteiger partial charge in [0.25, 0.3) is 5.17 Å². The number of thioether (sulfide) groups is 1. The lowest BCUT2D eigenvalue weighted by Gasteiger charge is -2.46. The number of ether oxygens (including phenoxy) is 4. The molecule has 1 aromatic carbocycles. The standard InChI is InChI=1S/C20H22N4O4S2/c1-23(2)19-22-14-16(28-20(29)24-9-8-21-11-24)15-13(26-18(14)30-19)10-25-17(27-15)12-6-4-3-5-7-12/h3-9,11,13-18H,10H2,1-2H3/t13-,14-,15-,16-,17?,18-/m1/s1. The van der Waals surface area contributed by atoms with E-state index in [-0.39, 0.29) is 23.7 Å². The fraction of sp³-hybridized carbons (Fsp3) is 0.450. The first-order valence-electron chi connectivity index (χ1n) is 9.68. The molecule has 0 aliphatic carbocycles. The first kappa shape index (κ1) is 20.0. The maximum atomic E-state index is 6.36. The minimum absolute atomic E-state index is 0.181. The maximum Gasteiger partial charge on any atom is 0.269 e. The monoisotopic (exact) mass is 446 g/mol. The molecule has 1 unspecified atom stereocenters. The molecule has 0 saturated carbocycles. The van der Waals surface area contributed by atoms with Crippen molar-refractivity contribution in [2.45, 2.75) is 36.1 Å². The van der Waals surface area contributed by atoms with Gasteiger partial charge in [0, 0.05) is 32.1 Å². The highest BCUT2D eigenvalue weighted by atomic mass is 32.2. The van der Waals surface area contributed by atoms with E-state index in [4.69, 9.17) is 36.2 Å². The van der Waals surface area contributed by atoms with Crippen molar-refractivity contribution in [1.29, 1.82) is 0 Å². The Balaban J connectivity index is 1.43. The number of imidazole rings is 1. The van der Waals surface area contributed by atoms with Crippen LogP contribution in [-0.4, -0.2) is 75.3 Å². The van der Waals surface area contributed by atoms with E-state index in [9.17, 15) is 0 Å². The maximum absolute atomic E-state index is 6.36. The van der Waals surface area contributed by atoms with Gasteiger partial charge in [0.05, 0.1) is 6.61 Å². The van der Waals surface area contributed by atoms with Gasteiger partial charge in [-0.3, -0.25) is 9.56 Å². The Hall–Kier alpha value is -1.98. The molecule has 0 N–H and O–H groups in total. The second-order valence-electron chi connectivity index (χ2n) is 7.45. The van der Waals surface area contributed by atoms with Crippen LogP contribution in [0, 0.1) is 0 Å². The average Bonchev–Trinajstić information content (AvgIpc) is 3.44. The number of aliphatic imine (C=N–C) groups is 1. The Labute approximate surface area is 184 Å². The fourth-order valence-corrected chi connectivity index (χ4v) is 5.11.